The molecular formula is C14H25NO3. The Balaban J connectivity index is 1.98. The molecule has 1 aliphatic carbocycles. The molecule has 0 radical (unpaired) electrons. The Labute approximate surface area is 109 Å². The summed E-state index contributed by atoms with van der Waals surface area (Å²) in [5.41, 5.74) is 0.0626. The van der Waals surface area contributed by atoms with Gasteiger partial charge in [-0.05, 0) is 32.2 Å². The van der Waals surface area contributed by atoms with Crippen molar-refractivity contribution in [2.45, 2.75) is 63.5 Å². The van der Waals surface area contributed by atoms with Crippen LogP contribution in [-0.4, -0.2) is 47.3 Å². The number of aliphatic carboxylic acids is 1. The lowest BCUT2D eigenvalue weighted by Gasteiger charge is -2.46. The van der Waals surface area contributed by atoms with Gasteiger partial charge in [0, 0.05) is 12.6 Å². The Hall–Kier alpha value is -0.610. The van der Waals surface area contributed by atoms with Gasteiger partial charge in [-0.15, -0.1) is 0 Å². The smallest absolute Gasteiger partial charge is 0.317 e. The molecular weight excluding hydrogens is 230 g/mol. The number of ether oxygens (including phenoxy) is 1. The highest BCUT2D eigenvalue weighted by atomic mass is 16.5. The van der Waals surface area contributed by atoms with E-state index >= 15 is 0 Å². The quantitative estimate of drug-likeness (QED) is 0.837. The molecule has 2 fully saturated rings. The Kier molecular flexibility index (Phi) is 4.62. The fraction of sp³-hybridized carbons (Fsp3) is 0.929. The van der Waals surface area contributed by atoms with Gasteiger partial charge in [0.1, 0.15) is 0 Å². The minimum atomic E-state index is -0.721. The van der Waals surface area contributed by atoms with Crippen molar-refractivity contribution in [3.05, 3.63) is 0 Å². The maximum atomic E-state index is 10.9. The molecule has 1 unspecified atom stereocenters. The summed E-state index contributed by atoms with van der Waals surface area (Å²) in [7, 11) is 0. The molecule has 2 aliphatic rings. The third kappa shape index (κ3) is 3.23. The van der Waals surface area contributed by atoms with Crippen molar-refractivity contribution in [3.63, 3.8) is 0 Å². The molecule has 2 rings (SSSR count). The molecule has 0 aromatic rings. The third-order valence-electron chi connectivity index (χ3n) is 4.49. The van der Waals surface area contributed by atoms with E-state index in [1.165, 1.54) is 19.3 Å². The highest BCUT2D eigenvalue weighted by Gasteiger charge is 2.40. The molecule has 18 heavy (non-hydrogen) atoms. The van der Waals surface area contributed by atoms with Gasteiger partial charge in [0.2, 0.25) is 0 Å². The van der Waals surface area contributed by atoms with Crippen molar-refractivity contribution in [1.82, 2.24) is 4.90 Å². The number of hydrogen-bond donors (Lipinski definition) is 1. The van der Waals surface area contributed by atoms with Crippen molar-refractivity contribution in [1.29, 1.82) is 0 Å². The van der Waals surface area contributed by atoms with Crippen LogP contribution in [0.3, 0.4) is 0 Å². The average molecular weight is 255 g/mol. The van der Waals surface area contributed by atoms with Gasteiger partial charge in [-0.25, -0.2) is 0 Å². The number of nitrogens with zero attached hydrogens (tertiary/aromatic N) is 1. The van der Waals surface area contributed by atoms with E-state index in [0.717, 1.165) is 38.8 Å². The number of carboxylic acid groups (broad SMARTS) is 1. The molecule has 1 heterocycles. The van der Waals surface area contributed by atoms with Gasteiger partial charge in [0.25, 0.3) is 0 Å². The Morgan fingerprint density at radius 1 is 1.39 bits per heavy atom. The molecule has 0 aromatic carbocycles. The van der Waals surface area contributed by atoms with Crippen molar-refractivity contribution in [3.8, 4) is 0 Å². The molecule has 0 bridgehead atoms. The zero-order chi connectivity index (χ0) is 13.0. The second-order valence-corrected chi connectivity index (χ2v) is 5.70. The van der Waals surface area contributed by atoms with E-state index in [2.05, 4.69) is 4.90 Å². The maximum Gasteiger partial charge on any atom is 0.317 e. The van der Waals surface area contributed by atoms with E-state index in [1.807, 2.05) is 6.92 Å². The Morgan fingerprint density at radius 2 is 2.11 bits per heavy atom. The zero-order valence-corrected chi connectivity index (χ0v) is 11.4. The summed E-state index contributed by atoms with van der Waals surface area (Å²) in [6, 6.07) is 0.387. The van der Waals surface area contributed by atoms with E-state index in [0.29, 0.717) is 6.04 Å². The Morgan fingerprint density at radius 3 is 2.72 bits per heavy atom. The van der Waals surface area contributed by atoms with E-state index in [4.69, 9.17) is 9.84 Å². The van der Waals surface area contributed by atoms with Crippen LogP contribution >= 0.6 is 0 Å². The first-order valence-corrected chi connectivity index (χ1v) is 7.25. The average Bonchev–Trinajstić information content (AvgIpc) is 2.36. The van der Waals surface area contributed by atoms with Gasteiger partial charge in [0.05, 0.1) is 12.1 Å². The summed E-state index contributed by atoms with van der Waals surface area (Å²) in [6.45, 7) is 3.82. The standard InChI is InChI=1S/C14H25NO3/c1-2-15(11-13(16)17)12-6-9-18-14(10-12)7-4-3-5-8-14/h12H,2-11H2,1H3,(H,16,17). The van der Waals surface area contributed by atoms with Gasteiger partial charge >= 0.3 is 5.97 Å². The van der Waals surface area contributed by atoms with Crippen LogP contribution in [-0.2, 0) is 9.53 Å². The van der Waals surface area contributed by atoms with Gasteiger partial charge in [-0.3, -0.25) is 9.69 Å². The van der Waals surface area contributed by atoms with Crippen LogP contribution in [0.1, 0.15) is 51.9 Å². The summed E-state index contributed by atoms with van der Waals surface area (Å²) in [5, 5.41) is 8.97. The van der Waals surface area contributed by atoms with Gasteiger partial charge in [-0.1, -0.05) is 26.2 Å². The SMILES string of the molecule is CCN(CC(=O)O)C1CCOC2(CCCCC2)C1. The fourth-order valence-electron chi connectivity index (χ4n) is 3.53. The van der Waals surface area contributed by atoms with E-state index in [9.17, 15) is 4.79 Å². The van der Waals surface area contributed by atoms with Crippen molar-refractivity contribution < 1.29 is 14.6 Å². The van der Waals surface area contributed by atoms with Gasteiger partial charge < -0.3 is 9.84 Å². The molecule has 1 N–H and O–H groups in total. The van der Waals surface area contributed by atoms with Gasteiger partial charge in [-0.2, -0.15) is 0 Å². The molecule has 1 saturated carbocycles. The second-order valence-electron chi connectivity index (χ2n) is 5.70. The molecule has 1 saturated heterocycles. The van der Waals surface area contributed by atoms with E-state index < -0.39 is 5.97 Å². The van der Waals surface area contributed by atoms with Crippen LogP contribution < -0.4 is 0 Å². The molecule has 0 amide bonds. The molecule has 4 heteroatoms. The predicted octanol–water partition coefficient (Wildman–Crippen LogP) is 2.27. The number of carboxylic acids is 1. The summed E-state index contributed by atoms with van der Waals surface area (Å²) in [6.07, 6.45) is 8.16. The lowest BCUT2D eigenvalue weighted by atomic mass is 9.78. The first-order chi connectivity index (χ1) is 8.65. The highest BCUT2D eigenvalue weighted by Crippen LogP contribution is 2.39. The van der Waals surface area contributed by atoms with Crippen LogP contribution in [0.2, 0.25) is 0 Å². The molecule has 0 aromatic heterocycles. The highest BCUT2D eigenvalue weighted by molar-refractivity contribution is 5.69. The van der Waals surface area contributed by atoms with Crippen LogP contribution in [0.5, 0.6) is 0 Å². The summed E-state index contributed by atoms with van der Waals surface area (Å²) in [4.78, 5) is 13.0. The normalized spacial score (nSPS) is 27.6. The number of rotatable bonds is 4. The summed E-state index contributed by atoms with van der Waals surface area (Å²) >= 11 is 0. The van der Waals surface area contributed by atoms with E-state index in [-0.39, 0.29) is 12.1 Å². The summed E-state index contributed by atoms with van der Waals surface area (Å²) in [5.74, 6) is -0.721. The van der Waals surface area contributed by atoms with Crippen LogP contribution in [0.25, 0.3) is 0 Å². The first-order valence-electron chi connectivity index (χ1n) is 7.25. The third-order valence-corrected chi connectivity index (χ3v) is 4.49. The van der Waals surface area contributed by atoms with Gasteiger partial charge in [0.15, 0.2) is 0 Å². The molecule has 1 atom stereocenters. The number of likely N-dealkylation sites (N-methyl/N-ethyl adjacent to an activating group) is 1. The molecule has 1 aliphatic heterocycles. The maximum absolute atomic E-state index is 10.9. The predicted molar refractivity (Wildman–Crippen MR) is 69.7 cm³/mol. The van der Waals surface area contributed by atoms with Crippen LogP contribution in [0, 0.1) is 0 Å². The minimum Gasteiger partial charge on any atom is -0.480 e. The van der Waals surface area contributed by atoms with Crippen molar-refractivity contribution in [2.75, 3.05) is 19.7 Å². The summed E-state index contributed by atoms with van der Waals surface area (Å²) < 4.78 is 6.06. The minimum absolute atomic E-state index is 0.0626. The lowest BCUT2D eigenvalue weighted by Crippen LogP contribution is -2.50. The molecule has 1 spiro atoms. The number of hydrogen-bond acceptors (Lipinski definition) is 3. The van der Waals surface area contributed by atoms with Crippen LogP contribution in [0.15, 0.2) is 0 Å². The largest absolute Gasteiger partial charge is 0.480 e. The second kappa shape index (κ2) is 6.02. The van der Waals surface area contributed by atoms with E-state index in [1.54, 1.807) is 0 Å². The zero-order valence-electron chi connectivity index (χ0n) is 11.4. The molecule has 104 valence electrons. The van der Waals surface area contributed by atoms with Crippen molar-refractivity contribution in [2.24, 2.45) is 0 Å². The molecule has 4 nitrogen and oxygen atoms in total. The first kappa shape index (κ1) is 13.8. The number of carbonyl (C=O) groups is 1. The fourth-order valence-corrected chi connectivity index (χ4v) is 3.53. The Bertz CT molecular complexity index is 281. The monoisotopic (exact) mass is 255 g/mol. The van der Waals surface area contributed by atoms with Crippen molar-refractivity contribution >= 4 is 5.97 Å². The lowest BCUT2D eigenvalue weighted by molar-refractivity contribution is -0.144. The topological polar surface area (TPSA) is 49.8 Å². The van der Waals surface area contributed by atoms with Crippen LogP contribution in [0.4, 0.5) is 0 Å².